The molecule has 0 N–H and O–H groups in total. The predicted molar refractivity (Wildman–Crippen MR) is 153 cm³/mol. The van der Waals surface area contributed by atoms with Crippen molar-refractivity contribution < 1.29 is 33.4 Å². The van der Waals surface area contributed by atoms with Gasteiger partial charge in [-0.2, -0.15) is 0 Å². The van der Waals surface area contributed by atoms with Gasteiger partial charge in [0.1, 0.15) is 18.1 Å². The SMILES string of the molecule is CC(=O)OC[C@@]12CC[C@]3(C)C(CCC4[C@@]5(C)CC[C@H](OC(C)=O)C(C)(C)C5CC[C@]43C)C1=C(C(C)C)C(=O)OC2=O. The van der Waals surface area contributed by atoms with Gasteiger partial charge in [0, 0.05) is 24.8 Å². The topological polar surface area (TPSA) is 96.0 Å². The molecule has 4 fully saturated rings. The highest BCUT2D eigenvalue weighted by molar-refractivity contribution is 6.04. The molecular formula is C34H50O7. The molecule has 228 valence electrons. The third-order valence-corrected chi connectivity index (χ3v) is 13.2. The number of esters is 4. The number of carbonyl (C=O) groups excluding carboxylic acids is 4. The monoisotopic (exact) mass is 570 g/mol. The average Bonchev–Trinajstić information content (AvgIpc) is 2.85. The number of fused-ring (bicyclic) bond motifs is 7. The third kappa shape index (κ3) is 4.10. The van der Waals surface area contributed by atoms with Gasteiger partial charge in [-0.25, -0.2) is 4.79 Å². The summed E-state index contributed by atoms with van der Waals surface area (Å²) >= 11 is 0. The molecule has 1 heterocycles. The largest absolute Gasteiger partial charge is 0.464 e. The molecule has 0 saturated heterocycles. The Morgan fingerprint density at radius 1 is 0.854 bits per heavy atom. The summed E-state index contributed by atoms with van der Waals surface area (Å²) in [5.41, 5.74) is 0.261. The van der Waals surface area contributed by atoms with Crippen LogP contribution in [0, 0.1) is 50.7 Å². The molecule has 5 aliphatic rings. The van der Waals surface area contributed by atoms with Crippen LogP contribution in [-0.4, -0.2) is 36.6 Å². The molecule has 4 aliphatic carbocycles. The van der Waals surface area contributed by atoms with Crippen molar-refractivity contribution in [1.82, 2.24) is 0 Å². The quantitative estimate of drug-likeness (QED) is 0.214. The van der Waals surface area contributed by atoms with Crippen molar-refractivity contribution in [3.63, 3.8) is 0 Å². The van der Waals surface area contributed by atoms with Gasteiger partial charge in [-0.1, -0.05) is 48.5 Å². The summed E-state index contributed by atoms with van der Waals surface area (Å²) in [5, 5.41) is 0. The van der Waals surface area contributed by atoms with E-state index in [1.807, 2.05) is 13.8 Å². The Bertz CT molecular complexity index is 1200. The second-order valence-corrected chi connectivity index (χ2v) is 15.6. The van der Waals surface area contributed by atoms with Crippen molar-refractivity contribution in [3.8, 4) is 0 Å². The molecule has 0 radical (unpaired) electrons. The summed E-state index contributed by atoms with van der Waals surface area (Å²) < 4.78 is 16.8. The first kappa shape index (κ1) is 30.3. The van der Waals surface area contributed by atoms with E-state index in [1.54, 1.807) is 0 Å². The smallest absolute Gasteiger partial charge is 0.341 e. The van der Waals surface area contributed by atoms with E-state index in [1.165, 1.54) is 13.8 Å². The molecule has 0 spiro atoms. The van der Waals surface area contributed by atoms with Crippen LogP contribution in [0.3, 0.4) is 0 Å². The normalized spacial score (nSPS) is 43.3. The average molecular weight is 571 g/mol. The highest BCUT2D eigenvalue weighted by Crippen LogP contribution is 2.76. The van der Waals surface area contributed by atoms with Crippen LogP contribution < -0.4 is 0 Å². The van der Waals surface area contributed by atoms with E-state index in [2.05, 4.69) is 34.6 Å². The van der Waals surface area contributed by atoms with Crippen molar-refractivity contribution in [2.45, 2.75) is 120 Å². The Hall–Kier alpha value is -2.18. The van der Waals surface area contributed by atoms with Gasteiger partial charge >= 0.3 is 23.9 Å². The molecule has 7 heteroatoms. The highest BCUT2D eigenvalue weighted by Gasteiger charge is 2.71. The van der Waals surface area contributed by atoms with Crippen molar-refractivity contribution >= 4 is 23.9 Å². The highest BCUT2D eigenvalue weighted by atomic mass is 16.6. The zero-order valence-electron chi connectivity index (χ0n) is 26.6. The molecule has 5 rings (SSSR count). The lowest BCUT2D eigenvalue weighted by molar-refractivity contribution is -0.235. The van der Waals surface area contributed by atoms with E-state index in [0.29, 0.717) is 23.8 Å². The fraction of sp³-hybridized carbons (Fsp3) is 0.824. The van der Waals surface area contributed by atoms with Gasteiger partial charge in [0.05, 0.1) is 0 Å². The van der Waals surface area contributed by atoms with Gasteiger partial charge in [-0.05, 0) is 96.9 Å². The van der Waals surface area contributed by atoms with Crippen LogP contribution in [0.4, 0.5) is 0 Å². The molecule has 0 amide bonds. The molecule has 7 nitrogen and oxygen atoms in total. The van der Waals surface area contributed by atoms with Crippen LogP contribution in [0.25, 0.3) is 0 Å². The van der Waals surface area contributed by atoms with Gasteiger partial charge in [0.25, 0.3) is 0 Å². The van der Waals surface area contributed by atoms with Crippen LogP contribution in [-0.2, 0) is 33.4 Å². The predicted octanol–water partition coefficient (Wildman–Crippen LogP) is 6.57. The summed E-state index contributed by atoms with van der Waals surface area (Å²) in [4.78, 5) is 50.8. The fourth-order valence-corrected chi connectivity index (χ4v) is 11.2. The van der Waals surface area contributed by atoms with Gasteiger partial charge < -0.3 is 14.2 Å². The first-order chi connectivity index (χ1) is 19.0. The van der Waals surface area contributed by atoms with E-state index in [9.17, 15) is 19.2 Å². The van der Waals surface area contributed by atoms with Crippen molar-refractivity contribution in [2.24, 2.45) is 50.7 Å². The maximum atomic E-state index is 13.6. The number of hydrogen-bond acceptors (Lipinski definition) is 7. The summed E-state index contributed by atoms with van der Waals surface area (Å²) in [6.45, 7) is 18.8. The Morgan fingerprint density at radius 2 is 1.54 bits per heavy atom. The molecule has 0 aromatic carbocycles. The van der Waals surface area contributed by atoms with Crippen LogP contribution in [0.15, 0.2) is 11.1 Å². The second kappa shape index (κ2) is 9.67. The van der Waals surface area contributed by atoms with Gasteiger partial charge in [0.15, 0.2) is 0 Å². The molecule has 41 heavy (non-hydrogen) atoms. The number of ether oxygens (including phenoxy) is 3. The zero-order valence-corrected chi connectivity index (χ0v) is 26.6. The van der Waals surface area contributed by atoms with Crippen molar-refractivity contribution in [1.29, 1.82) is 0 Å². The second-order valence-electron chi connectivity index (χ2n) is 15.6. The lowest BCUT2D eigenvalue weighted by atomic mass is 9.32. The van der Waals surface area contributed by atoms with Crippen LogP contribution >= 0.6 is 0 Å². The first-order valence-corrected chi connectivity index (χ1v) is 15.8. The minimum Gasteiger partial charge on any atom is -0.464 e. The van der Waals surface area contributed by atoms with E-state index in [0.717, 1.165) is 50.5 Å². The van der Waals surface area contributed by atoms with E-state index in [4.69, 9.17) is 14.2 Å². The minimum absolute atomic E-state index is 0.00139. The Morgan fingerprint density at radius 3 is 2.15 bits per heavy atom. The Balaban J connectivity index is 1.59. The van der Waals surface area contributed by atoms with Crippen molar-refractivity contribution in [3.05, 3.63) is 11.1 Å². The number of carbonyl (C=O) groups is 4. The van der Waals surface area contributed by atoms with Crippen LogP contribution in [0.2, 0.25) is 0 Å². The van der Waals surface area contributed by atoms with Gasteiger partial charge in [-0.15, -0.1) is 0 Å². The fourth-order valence-electron chi connectivity index (χ4n) is 11.2. The third-order valence-electron chi connectivity index (χ3n) is 13.2. The van der Waals surface area contributed by atoms with Gasteiger partial charge in [0.2, 0.25) is 0 Å². The maximum absolute atomic E-state index is 13.6. The van der Waals surface area contributed by atoms with E-state index in [-0.39, 0.29) is 52.2 Å². The number of cyclic esters (lactones) is 2. The first-order valence-electron chi connectivity index (χ1n) is 15.8. The molecule has 1 aliphatic heterocycles. The molecule has 0 aromatic rings. The maximum Gasteiger partial charge on any atom is 0.341 e. The Labute approximate surface area is 245 Å². The summed E-state index contributed by atoms with van der Waals surface area (Å²) in [5.74, 6) is -0.882. The molecule has 0 aromatic heterocycles. The lowest BCUT2D eigenvalue weighted by Crippen LogP contribution is -2.67. The van der Waals surface area contributed by atoms with E-state index < -0.39 is 23.3 Å². The molecule has 8 atom stereocenters. The summed E-state index contributed by atoms with van der Waals surface area (Å²) in [6.07, 6.45) is 7.18. The summed E-state index contributed by atoms with van der Waals surface area (Å²) in [6, 6.07) is 0. The zero-order chi connectivity index (χ0) is 30.3. The number of rotatable bonds is 4. The summed E-state index contributed by atoms with van der Waals surface area (Å²) in [7, 11) is 0. The van der Waals surface area contributed by atoms with Crippen LogP contribution in [0.5, 0.6) is 0 Å². The molecule has 4 saturated carbocycles. The number of hydrogen-bond donors (Lipinski definition) is 0. The van der Waals surface area contributed by atoms with Crippen molar-refractivity contribution in [2.75, 3.05) is 6.61 Å². The lowest BCUT2D eigenvalue weighted by Gasteiger charge is -2.72. The molecule has 0 bridgehead atoms. The molecule has 3 unspecified atom stereocenters. The Kier molecular flexibility index (Phi) is 7.14. The van der Waals surface area contributed by atoms with E-state index >= 15 is 0 Å². The standard InChI is InChI=1S/C34H50O7/c1-19(2)26-27-22-10-11-24-31(7)14-13-25(40-21(4)36)30(5,6)23(31)12-15-33(24,9)32(22,8)16-17-34(27,18-39-20(3)35)29(38)41-28(26)37/h19,22-25H,10-18H2,1-9H3/t22?,23?,24?,25-,31-,32+,33+,34-/m0/s1. The molecular weight excluding hydrogens is 520 g/mol. The van der Waals surface area contributed by atoms with Crippen LogP contribution in [0.1, 0.15) is 114 Å². The minimum atomic E-state index is -1.10. The van der Waals surface area contributed by atoms with Gasteiger partial charge in [-0.3, -0.25) is 14.4 Å².